The van der Waals surface area contributed by atoms with Crippen LogP contribution in [0.25, 0.3) is 0 Å². The van der Waals surface area contributed by atoms with Crippen LogP contribution in [0.5, 0.6) is 0 Å². The van der Waals surface area contributed by atoms with Crippen molar-refractivity contribution in [3.8, 4) is 0 Å². The van der Waals surface area contributed by atoms with E-state index in [2.05, 4.69) is 4.74 Å². The van der Waals surface area contributed by atoms with Crippen molar-refractivity contribution in [1.29, 1.82) is 0 Å². The molecule has 0 rings (SSSR count). The summed E-state index contributed by atoms with van der Waals surface area (Å²) in [6.45, 7) is 3.94. The average Bonchev–Trinajstić information content (AvgIpc) is 2.13. The number of ether oxygens (including phenoxy) is 1. The van der Waals surface area contributed by atoms with Gasteiger partial charge < -0.3 is 9.53 Å². The number of methoxy groups -OCH3 is 1. The van der Waals surface area contributed by atoms with Gasteiger partial charge in [-0.15, -0.1) is 0 Å². The third-order valence-corrected chi connectivity index (χ3v) is 2.10. The Morgan fingerprint density at radius 3 is 2.54 bits per heavy atom. The monoisotopic (exact) mass is 184 g/mol. The Morgan fingerprint density at radius 1 is 1.46 bits per heavy atom. The summed E-state index contributed by atoms with van der Waals surface area (Å²) >= 11 is 0. The van der Waals surface area contributed by atoms with E-state index in [0.717, 1.165) is 6.29 Å². The van der Waals surface area contributed by atoms with Crippen molar-refractivity contribution in [2.75, 3.05) is 7.11 Å². The van der Waals surface area contributed by atoms with Crippen molar-refractivity contribution in [3.63, 3.8) is 0 Å². The maximum atomic E-state index is 10.7. The highest BCUT2D eigenvalue weighted by molar-refractivity contribution is 5.81. The number of hydrogen-bond donors (Lipinski definition) is 0. The minimum absolute atomic E-state index is 0.212. The summed E-state index contributed by atoms with van der Waals surface area (Å²) in [5, 5.41) is 0. The van der Waals surface area contributed by atoms with Crippen LogP contribution in [0.15, 0.2) is 12.2 Å². The van der Waals surface area contributed by atoms with Gasteiger partial charge in [-0.25, -0.2) is 4.79 Å². The van der Waals surface area contributed by atoms with Crippen LogP contribution in [0.2, 0.25) is 0 Å². The van der Waals surface area contributed by atoms with Gasteiger partial charge in [-0.3, -0.25) is 0 Å². The first kappa shape index (κ1) is 11.9. The van der Waals surface area contributed by atoms with Crippen LogP contribution in [-0.2, 0) is 14.3 Å². The zero-order valence-electron chi connectivity index (χ0n) is 8.32. The third kappa shape index (κ3) is 5.17. The number of carbonyl (C=O) groups is 2. The molecule has 0 aromatic rings. The van der Waals surface area contributed by atoms with Crippen LogP contribution in [0.4, 0.5) is 0 Å². The zero-order chi connectivity index (χ0) is 10.3. The van der Waals surface area contributed by atoms with E-state index in [0.29, 0.717) is 6.42 Å². The lowest BCUT2D eigenvalue weighted by atomic mass is 9.93. The van der Waals surface area contributed by atoms with E-state index in [1.54, 1.807) is 6.08 Å². The van der Waals surface area contributed by atoms with Gasteiger partial charge in [-0.1, -0.05) is 19.9 Å². The molecule has 0 aliphatic rings. The standard InChI is InChI=1S/C10H16O3/c1-8(9(2)6-7-11)4-5-10(12)13-3/h4-5,7-9H,6H2,1-3H3/t8-,9+/m0/s1. The largest absolute Gasteiger partial charge is 0.466 e. The predicted octanol–water partition coefficient (Wildman–Crippen LogP) is 1.58. The first-order chi connectivity index (χ1) is 6.11. The number of esters is 1. The molecule has 0 aromatic carbocycles. The van der Waals surface area contributed by atoms with Crippen molar-refractivity contribution in [1.82, 2.24) is 0 Å². The summed E-state index contributed by atoms with van der Waals surface area (Å²) in [6, 6.07) is 0. The minimum Gasteiger partial charge on any atom is -0.466 e. The zero-order valence-corrected chi connectivity index (χ0v) is 8.32. The Kier molecular flexibility index (Phi) is 5.85. The lowest BCUT2D eigenvalue weighted by Crippen LogP contribution is -2.06. The second-order valence-corrected chi connectivity index (χ2v) is 3.12. The molecule has 0 heterocycles. The number of carbonyl (C=O) groups excluding carboxylic acids is 2. The number of allylic oxidation sites excluding steroid dienone is 1. The molecule has 3 nitrogen and oxygen atoms in total. The molecule has 0 amide bonds. The second kappa shape index (κ2) is 6.40. The Balaban J connectivity index is 3.97. The van der Waals surface area contributed by atoms with Crippen LogP contribution in [0.3, 0.4) is 0 Å². The maximum absolute atomic E-state index is 10.7. The lowest BCUT2D eigenvalue weighted by Gasteiger charge is -2.12. The fourth-order valence-electron chi connectivity index (χ4n) is 0.854. The Hall–Kier alpha value is -1.12. The van der Waals surface area contributed by atoms with Gasteiger partial charge in [0.05, 0.1) is 7.11 Å². The molecule has 0 bridgehead atoms. The second-order valence-electron chi connectivity index (χ2n) is 3.12. The lowest BCUT2D eigenvalue weighted by molar-refractivity contribution is -0.134. The number of hydrogen-bond acceptors (Lipinski definition) is 3. The quantitative estimate of drug-likeness (QED) is 0.370. The van der Waals surface area contributed by atoms with Gasteiger partial charge >= 0.3 is 5.97 Å². The topological polar surface area (TPSA) is 43.4 Å². The molecule has 0 N–H and O–H groups in total. The molecule has 0 fully saturated rings. The minimum atomic E-state index is -0.356. The fourth-order valence-corrected chi connectivity index (χ4v) is 0.854. The summed E-state index contributed by atoms with van der Waals surface area (Å²) in [6.07, 6.45) is 4.58. The highest BCUT2D eigenvalue weighted by Gasteiger charge is 2.08. The van der Waals surface area contributed by atoms with Gasteiger partial charge in [0, 0.05) is 12.5 Å². The maximum Gasteiger partial charge on any atom is 0.330 e. The van der Waals surface area contributed by atoms with Gasteiger partial charge in [-0.2, -0.15) is 0 Å². The Bertz CT molecular complexity index is 196. The molecule has 0 unspecified atom stereocenters. The van der Waals surface area contributed by atoms with Crippen molar-refractivity contribution in [2.24, 2.45) is 11.8 Å². The number of rotatable bonds is 5. The fraction of sp³-hybridized carbons (Fsp3) is 0.600. The summed E-state index contributed by atoms with van der Waals surface area (Å²) in [5.74, 6) is 0.118. The van der Waals surface area contributed by atoms with Crippen LogP contribution in [0.1, 0.15) is 20.3 Å². The van der Waals surface area contributed by atoms with Crippen molar-refractivity contribution in [2.45, 2.75) is 20.3 Å². The van der Waals surface area contributed by atoms with E-state index in [4.69, 9.17) is 0 Å². The Morgan fingerprint density at radius 2 is 2.08 bits per heavy atom. The molecule has 13 heavy (non-hydrogen) atoms. The summed E-state index contributed by atoms with van der Waals surface area (Å²) < 4.78 is 4.45. The van der Waals surface area contributed by atoms with Gasteiger partial charge in [0.25, 0.3) is 0 Å². The van der Waals surface area contributed by atoms with E-state index >= 15 is 0 Å². The summed E-state index contributed by atoms with van der Waals surface area (Å²) in [7, 11) is 1.34. The van der Waals surface area contributed by atoms with Gasteiger partial charge in [-0.05, 0) is 11.8 Å². The molecule has 2 atom stereocenters. The summed E-state index contributed by atoms with van der Waals surface area (Å²) in [4.78, 5) is 20.9. The van der Waals surface area contributed by atoms with Crippen LogP contribution in [-0.4, -0.2) is 19.4 Å². The highest BCUT2D eigenvalue weighted by Crippen LogP contribution is 2.14. The SMILES string of the molecule is COC(=O)C=C[C@H](C)[C@H](C)CC=O. The van der Waals surface area contributed by atoms with Crippen molar-refractivity contribution < 1.29 is 14.3 Å². The molecule has 0 aliphatic carbocycles. The van der Waals surface area contributed by atoms with E-state index in [1.165, 1.54) is 13.2 Å². The third-order valence-electron chi connectivity index (χ3n) is 2.10. The van der Waals surface area contributed by atoms with Crippen LogP contribution >= 0.6 is 0 Å². The predicted molar refractivity (Wildman–Crippen MR) is 50.2 cm³/mol. The highest BCUT2D eigenvalue weighted by atomic mass is 16.5. The molecule has 0 spiro atoms. The molecule has 0 aromatic heterocycles. The smallest absolute Gasteiger partial charge is 0.330 e. The van der Waals surface area contributed by atoms with Crippen molar-refractivity contribution >= 4 is 12.3 Å². The van der Waals surface area contributed by atoms with E-state index in [9.17, 15) is 9.59 Å². The van der Waals surface area contributed by atoms with E-state index < -0.39 is 0 Å². The van der Waals surface area contributed by atoms with E-state index in [-0.39, 0.29) is 17.8 Å². The number of aldehydes is 1. The molecule has 74 valence electrons. The molecule has 0 aliphatic heterocycles. The Labute approximate surface area is 78.8 Å². The van der Waals surface area contributed by atoms with Gasteiger partial charge in [0.2, 0.25) is 0 Å². The molecule has 0 radical (unpaired) electrons. The molecular formula is C10H16O3. The molecule has 0 saturated heterocycles. The first-order valence-corrected chi connectivity index (χ1v) is 4.31. The van der Waals surface area contributed by atoms with Gasteiger partial charge in [0.1, 0.15) is 6.29 Å². The van der Waals surface area contributed by atoms with Crippen molar-refractivity contribution in [3.05, 3.63) is 12.2 Å². The average molecular weight is 184 g/mol. The first-order valence-electron chi connectivity index (χ1n) is 4.31. The van der Waals surface area contributed by atoms with Crippen LogP contribution < -0.4 is 0 Å². The summed E-state index contributed by atoms with van der Waals surface area (Å²) in [5.41, 5.74) is 0. The van der Waals surface area contributed by atoms with Gasteiger partial charge in [0.15, 0.2) is 0 Å². The molecule has 3 heteroatoms. The normalized spacial score (nSPS) is 15.3. The molecule has 0 saturated carbocycles. The van der Waals surface area contributed by atoms with E-state index in [1.807, 2.05) is 13.8 Å². The van der Waals surface area contributed by atoms with Crippen LogP contribution in [0, 0.1) is 11.8 Å². The molecular weight excluding hydrogens is 168 g/mol.